The van der Waals surface area contributed by atoms with E-state index in [1.165, 1.54) is 0 Å². The fourth-order valence-electron chi connectivity index (χ4n) is 2.46. The third kappa shape index (κ3) is 3.45. The van der Waals surface area contributed by atoms with Crippen molar-refractivity contribution in [3.05, 3.63) is 0 Å². The molecule has 1 saturated heterocycles. The van der Waals surface area contributed by atoms with Gasteiger partial charge in [0.15, 0.2) is 0 Å². The van der Waals surface area contributed by atoms with Crippen LogP contribution >= 0.6 is 0 Å². The maximum absolute atomic E-state index is 12.0. The highest BCUT2D eigenvalue weighted by atomic mass is 16.5. The Kier molecular flexibility index (Phi) is 6.12. The van der Waals surface area contributed by atoms with E-state index in [1.807, 2.05) is 18.7 Å². The summed E-state index contributed by atoms with van der Waals surface area (Å²) < 4.78 is 5.13. The quantitative estimate of drug-likeness (QED) is 0.718. The van der Waals surface area contributed by atoms with Gasteiger partial charge in [-0.25, -0.2) is 0 Å². The first-order valence-corrected chi connectivity index (χ1v) is 6.85. The van der Waals surface area contributed by atoms with Gasteiger partial charge in [0.25, 0.3) is 0 Å². The number of amides is 1. The normalized spacial score (nSPS) is 22.4. The molecule has 18 heavy (non-hydrogen) atoms. The molecule has 0 aromatic rings. The van der Waals surface area contributed by atoms with Crippen LogP contribution in [0, 0.1) is 0 Å². The lowest BCUT2D eigenvalue weighted by Crippen LogP contribution is -2.60. The number of carbonyl (C=O) groups excluding carboxylic acids is 2. The van der Waals surface area contributed by atoms with Crippen LogP contribution in [-0.2, 0) is 14.3 Å². The summed E-state index contributed by atoms with van der Waals surface area (Å²) in [4.78, 5) is 25.8. The summed E-state index contributed by atoms with van der Waals surface area (Å²) in [7, 11) is 0. The number of nitrogens with zero attached hydrogens (tertiary/aromatic N) is 1. The van der Waals surface area contributed by atoms with Gasteiger partial charge in [-0.05, 0) is 19.8 Å². The molecular formula is C13H24N2O3. The maximum atomic E-state index is 12.0. The van der Waals surface area contributed by atoms with Crippen LogP contribution in [0.3, 0.4) is 0 Å². The topological polar surface area (TPSA) is 58.6 Å². The fourth-order valence-corrected chi connectivity index (χ4v) is 2.46. The molecule has 1 N–H and O–H groups in total. The van der Waals surface area contributed by atoms with Crippen LogP contribution in [0.2, 0.25) is 0 Å². The molecule has 104 valence electrons. The summed E-state index contributed by atoms with van der Waals surface area (Å²) in [5.41, 5.74) is 0. The Bertz CT molecular complexity index is 294. The van der Waals surface area contributed by atoms with E-state index in [1.54, 1.807) is 6.92 Å². The van der Waals surface area contributed by atoms with Gasteiger partial charge in [0.2, 0.25) is 5.91 Å². The van der Waals surface area contributed by atoms with Crippen LogP contribution in [0.4, 0.5) is 0 Å². The van der Waals surface area contributed by atoms with Gasteiger partial charge in [-0.3, -0.25) is 14.5 Å². The summed E-state index contributed by atoms with van der Waals surface area (Å²) in [5.74, 6) is -0.179. The van der Waals surface area contributed by atoms with Crippen molar-refractivity contribution in [2.24, 2.45) is 0 Å². The van der Waals surface area contributed by atoms with E-state index in [9.17, 15) is 9.59 Å². The number of piperazine rings is 1. The van der Waals surface area contributed by atoms with Crippen molar-refractivity contribution >= 4 is 11.9 Å². The van der Waals surface area contributed by atoms with E-state index in [0.717, 1.165) is 12.8 Å². The Labute approximate surface area is 109 Å². The molecule has 0 spiro atoms. The van der Waals surface area contributed by atoms with Crippen LogP contribution in [0.5, 0.6) is 0 Å². The largest absolute Gasteiger partial charge is 0.465 e. The van der Waals surface area contributed by atoms with Gasteiger partial charge in [-0.1, -0.05) is 20.3 Å². The molecule has 1 aliphatic rings. The van der Waals surface area contributed by atoms with Gasteiger partial charge >= 0.3 is 5.97 Å². The average Bonchev–Trinajstić information content (AvgIpc) is 2.36. The summed E-state index contributed by atoms with van der Waals surface area (Å²) in [6.07, 6.45) is 2.35. The predicted octanol–water partition coefficient (Wildman–Crippen LogP) is 0.929. The third-order valence-electron chi connectivity index (χ3n) is 3.28. The lowest BCUT2D eigenvalue weighted by molar-refractivity contribution is -0.153. The number of nitrogens with one attached hydrogen (secondary N) is 1. The van der Waals surface area contributed by atoms with Gasteiger partial charge in [-0.2, -0.15) is 0 Å². The lowest BCUT2D eigenvalue weighted by Gasteiger charge is -2.38. The zero-order valence-corrected chi connectivity index (χ0v) is 11.6. The molecule has 1 amide bonds. The fraction of sp³-hybridized carbons (Fsp3) is 0.846. The lowest BCUT2D eigenvalue weighted by atomic mass is 10.0. The number of rotatable bonds is 6. The van der Waals surface area contributed by atoms with Gasteiger partial charge in [-0.15, -0.1) is 0 Å². The molecule has 1 fully saturated rings. The SMILES string of the molecule is CCCC(C(=O)OCC)N1CCNC(=O)C1CC. The number of hydrogen-bond acceptors (Lipinski definition) is 4. The van der Waals surface area contributed by atoms with Crippen molar-refractivity contribution in [2.45, 2.75) is 52.1 Å². The van der Waals surface area contributed by atoms with Crippen molar-refractivity contribution in [3.8, 4) is 0 Å². The third-order valence-corrected chi connectivity index (χ3v) is 3.28. The highest BCUT2D eigenvalue weighted by Crippen LogP contribution is 2.17. The van der Waals surface area contributed by atoms with E-state index in [2.05, 4.69) is 5.32 Å². The van der Waals surface area contributed by atoms with Crippen LogP contribution in [0.1, 0.15) is 40.0 Å². The molecule has 1 aliphatic heterocycles. The van der Waals surface area contributed by atoms with E-state index >= 15 is 0 Å². The van der Waals surface area contributed by atoms with Crippen LogP contribution in [-0.4, -0.2) is 48.6 Å². The molecular weight excluding hydrogens is 232 g/mol. The van der Waals surface area contributed by atoms with Crippen molar-refractivity contribution in [1.29, 1.82) is 0 Å². The minimum Gasteiger partial charge on any atom is -0.465 e. The van der Waals surface area contributed by atoms with E-state index in [4.69, 9.17) is 4.74 Å². The smallest absolute Gasteiger partial charge is 0.323 e. The predicted molar refractivity (Wildman–Crippen MR) is 69.1 cm³/mol. The Morgan fingerprint density at radius 3 is 2.78 bits per heavy atom. The molecule has 5 nitrogen and oxygen atoms in total. The molecule has 0 aromatic carbocycles. The molecule has 0 aromatic heterocycles. The first-order chi connectivity index (χ1) is 8.65. The Morgan fingerprint density at radius 2 is 2.22 bits per heavy atom. The Morgan fingerprint density at radius 1 is 1.50 bits per heavy atom. The second-order valence-corrected chi connectivity index (χ2v) is 4.51. The molecule has 2 atom stereocenters. The highest BCUT2D eigenvalue weighted by molar-refractivity contribution is 5.84. The molecule has 0 saturated carbocycles. The van der Waals surface area contributed by atoms with E-state index in [-0.39, 0.29) is 24.0 Å². The van der Waals surface area contributed by atoms with Crippen molar-refractivity contribution in [3.63, 3.8) is 0 Å². The molecule has 0 radical (unpaired) electrons. The second kappa shape index (κ2) is 7.36. The van der Waals surface area contributed by atoms with Crippen LogP contribution in [0.15, 0.2) is 0 Å². The van der Waals surface area contributed by atoms with Crippen LogP contribution in [0.25, 0.3) is 0 Å². The summed E-state index contributed by atoms with van der Waals surface area (Å²) in [6.45, 7) is 7.52. The summed E-state index contributed by atoms with van der Waals surface area (Å²) in [6, 6.07) is -0.495. The number of carbonyl (C=O) groups is 2. The highest BCUT2D eigenvalue weighted by Gasteiger charge is 2.36. The molecule has 2 unspecified atom stereocenters. The standard InChI is InChI=1S/C13H24N2O3/c1-4-7-11(13(17)18-6-3)15-9-8-14-12(16)10(15)5-2/h10-11H,4-9H2,1-3H3,(H,14,16). The number of hydrogen-bond donors (Lipinski definition) is 1. The summed E-state index contributed by atoms with van der Waals surface area (Å²) >= 11 is 0. The zero-order chi connectivity index (χ0) is 13.5. The summed E-state index contributed by atoms with van der Waals surface area (Å²) in [5, 5.41) is 2.85. The second-order valence-electron chi connectivity index (χ2n) is 4.51. The maximum Gasteiger partial charge on any atom is 0.323 e. The first-order valence-electron chi connectivity index (χ1n) is 6.85. The number of ether oxygens (including phenoxy) is 1. The van der Waals surface area contributed by atoms with Gasteiger partial charge in [0, 0.05) is 13.1 Å². The molecule has 0 bridgehead atoms. The van der Waals surface area contributed by atoms with Crippen molar-refractivity contribution in [2.75, 3.05) is 19.7 Å². The zero-order valence-electron chi connectivity index (χ0n) is 11.6. The van der Waals surface area contributed by atoms with E-state index in [0.29, 0.717) is 26.1 Å². The monoisotopic (exact) mass is 256 g/mol. The minimum atomic E-state index is -0.286. The molecule has 1 heterocycles. The van der Waals surface area contributed by atoms with Gasteiger partial charge in [0.1, 0.15) is 6.04 Å². The Hall–Kier alpha value is -1.10. The number of esters is 1. The van der Waals surface area contributed by atoms with Gasteiger partial charge < -0.3 is 10.1 Å². The molecule has 5 heteroatoms. The van der Waals surface area contributed by atoms with E-state index < -0.39 is 0 Å². The van der Waals surface area contributed by atoms with Crippen molar-refractivity contribution < 1.29 is 14.3 Å². The Balaban J connectivity index is 2.81. The minimum absolute atomic E-state index is 0.0224. The van der Waals surface area contributed by atoms with Crippen LogP contribution < -0.4 is 5.32 Å². The average molecular weight is 256 g/mol. The molecule has 1 rings (SSSR count). The first kappa shape index (κ1) is 15.0. The van der Waals surface area contributed by atoms with Crippen molar-refractivity contribution in [1.82, 2.24) is 10.2 Å². The van der Waals surface area contributed by atoms with Gasteiger partial charge in [0.05, 0.1) is 12.6 Å². The molecule has 0 aliphatic carbocycles.